The molecule has 0 radical (unpaired) electrons. The van der Waals surface area contributed by atoms with Crippen LogP contribution in [0.4, 0.5) is 0 Å². The zero-order valence-corrected chi connectivity index (χ0v) is 17.6. The third kappa shape index (κ3) is 5.53. The summed E-state index contributed by atoms with van der Waals surface area (Å²) in [4.78, 5) is 23.5. The Labute approximate surface area is 173 Å². The number of hydrogen-bond acceptors (Lipinski definition) is 5. The number of aliphatic imine (C=N–C) groups is 1. The Morgan fingerprint density at radius 1 is 1.14 bits per heavy atom. The van der Waals surface area contributed by atoms with Gasteiger partial charge in [0.05, 0.1) is 20.2 Å². The molecule has 0 atom stereocenters. The van der Waals surface area contributed by atoms with Crippen molar-refractivity contribution in [2.75, 3.05) is 59.5 Å². The van der Waals surface area contributed by atoms with E-state index in [1.54, 1.807) is 13.2 Å². The van der Waals surface area contributed by atoms with E-state index in [1.165, 1.54) is 0 Å². The molecule has 2 aliphatic heterocycles. The van der Waals surface area contributed by atoms with Crippen LogP contribution in [0.2, 0.25) is 0 Å². The molecule has 3 rings (SSSR count). The number of ether oxygens (including phenoxy) is 1. The molecular formula is C21H33N5O3. The van der Waals surface area contributed by atoms with Gasteiger partial charge in [-0.05, 0) is 25.8 Å². The van der Waals surface area contributed by atoms with Gasteiger partial charge in [0.1, 0.15) is 0 Å². The second-order valence-corrected chi connectivity index (χ2v) is 7.49. The molecule has 8 nitrogen and oxygen atoms in total. The van der Waals surface area contributed by atoms with Crippen molar-refractivity contribution in [2.45, 2.75) is 26.3 Å². The van der Waals surface area contributed by atoms with Crippen LogP contribution >= 0.6 is 0 Å². The van der Waals surface area contributed by atoms with Crippen LogP contribution in [0.15, 0.2) is 23.2 Å². The molecule has 1 aromatic rings. The number of rotatable bonds is 6. The highest BCUT2D eigenvalue weighted by molar-refractivity contribution is 5.80. The van der Waals surface area contributed by atoms with Crippen LogP contribution in [0.25, 0.3) is 0 Å². The lowest BCUT2D eigenvalue weighted by atomic mass is 10.2. The topological polar surface area (TPSA) is 80.6 Å². The number of benzene rings is 1. The van der Waals surface area contributed by atoms with Crippen LogP contribution in [0.3, 0.4) is 0 Å². The number of carbonyl (C=O) groups is 1. The van der Waals surface area contributed by atoms with Crippen molar-refractivity contribution < 1.29 is 14.6 Å². The van der Waals surface area contributed by atoms with Crippen LogP contribution in [0, 0.1) is 0 Å². The Balaban J connectivity index is 1.56. The van der Waals surface area contributed by atoms with Crippen LogP contribution in [-0.4, -0.2) is 91.1 Å². The van der Waals surface area contributed by atoms with Crippen LogP contribution in [0.1, 0.15) is 25.3 Å². The second kappa shape index (κ2) is 10.3. The molecule has 0 aliphatic carbocycles. The molecule has 2 fully saturated rings. The number of amides is 1. The molecule has 2 aliphatic rings. The number of nitrogens with zero attached hydrogens (tertiary/aromatic N) is 4. The highest BCUT2D eigenvalue weighted by atomic mass is 16.5. The van der Waals surface area contributed by atoms with Crippen LogP contribution in [-0.2, 0) is 11.3 Å². The summed E-state index contributed by atoms with van der Waals surface area (Å²) in [5.41, 5.74) is 0.731. The maximum Gasteiger partial charge on any atom is 0.236 e. The van der Waals surface area contributed by atoms with E-state index < -0.39 is 0 Å². The minimum Gasteiger partial charge on any atom is -0.504 e. The van der Waals surface area contributed by atoms with Gasteiger partial charge in [-0.3, -0.25) is 9.69 Å². The lowest BCUT2D eigenvalue weighted by Crippen LogP contribution is -2.54. The number of aromatic hydroxyl groups is 1. The molecule has 29 heavy (non-hydrogen) atoms. The van der Waals surface area contributed by atoms with E-state index in [-0.39, 0.29) is 11.7 Å². The molecule has 8 heteroatoms. The van der Waals surface area contributed by atoms with E-state index in [1.807, 2.05) is 24.0 Å². The Morgan fingerprint density at radius 3 is 2.52 bits per heavy atom. The van der Waals surface area contributed by atoms with Gasteiger partial charge in [0.2, 0.25) is 5.91 Å². The number of nitrogens with one attached hydrogen (secondary N) is 1. The molecule has 0 unspecified atom stereocenters. The molecule has 1 amide bonds. The Hall–Kier alpha value is -2.48. The lowest BCUT2D eigenvalue weighted by Gasteiger charge is -2.36. The maximum atomic E-state index is 12.4. The third-order valence-corrected chi connectivity index (χ3v) is 5.53. The largest absolute Gasteiger partial charge is 0.504 e. The standard InChI is InChI=1S/C21H33N5O3/c1-3-22-21(23-15-17-7-6-8-18(29-2)20(17)28)26-13-11-24(12-14-26)16-19(27)25-9-4-5-10-25/h6-8,28H,3-5,9-16H2,1-2H3,(H,22,23). The predicted octanol–water partition coefficient (Wildman–Crippen LogP) is 1.11. The van der Waals surface area contributed by atoms with Crippen molar-refractivity contribution in [3.05, 3.63) is 23.8 Å². The van der Waals surface area contributed by atoms with E-state index in [9.17, 15) is 9.90 Å². The number of phenols is 1. The molecule has 0 saturated carbocycles. The Bertz CT molecular complexity index is 710. The summed E-state index contributed by atoms with van der Waals surface area (Å²) in [5.74, 6) is 1.68. The first-order valence-electron chi connectivity index (χ1n) is 10.5. The zero-order chi connectivity index (χ0) is 20.6. The molecule has 2 heterocycles. The molecule has 2 saturated heterocycles. The number of para-hydroxylation sites is 1. The average molecular weight is 404 g/mol. The highest BCUT2D eigenvalue weighted by Crippen LogP contribution is 2.29. The predicted molar refractivity (Wildman–Crippen MR) is 113 cm³/mol. The van der Waals surface area contributed by atoms with Crippen molar-refractivity contribution in [3.8, 4) is 11.5 Å². The molecule has 2 N–H and O–H groups in total. The first-order chi connectivity index (χ1) is 14.1. The average Bonchev–Trinajstić information content (AvgIpc) is 3.28. The van der Waals surface area contributed by atoms with Crippen molar-refractivity contribution in [1.82, 2.24) is 20.0 Å². The van der Waals surface area contributed by atoms with E-state index in [0.717, 1.165) is 70.2 Å². The monoisotopic (exact) mass is 403 g/mol. The third-order valence-electron chi connectivity index (χ3n) is 5.53. The minimum atomic E-state index is 0.139. The summed E-state index contributed by atoms with van der Waals surface area (Å²) in [5, 5.41) is 13.6. The quantitative estimate of drug-likeness (QED) is 0.547. The van der Waals surface area contributed by atoms with Gasteiger partial charge in [-0.2, -0.15) is 0 Å². The van der Waals surface area contributed by atoms with Gasteiger partial charge in [-0.1, -0.05) is 12.1 Å². The highest BCUT2D eigenvalue weighted by Gasteiger charge is 2.24. The molecular weight excluding hydrogens is 370 g/mol. The fourth-order valence-corrected chi connectivity index (χ4v) is 3.82. The second-order valence-electron chi connectivity index (χ2n) is 7.49. The molecule has 160 valence electrons. The number of guanidine groups is 1. The number of phenolic OH excluding ortho intramolecular Hbond substituents is 1. The lowest BCUT2D eigenvalue weighted by molar-refractivity contribution is -0.131. The number of likely N-dealkylation sites (tertiary alicyclic amines) is 1. The van der Waals surface area contributed by atoms with E-state index in [2.05, 4.69) is 15.1 Å². The van der Waals surface area contributed by atoms with E-state index in [0.29, 0.717) is 18.8 Å². The SMILES string of the molecule is CCNC(=NCc1cccc(OC)c1O)N1CCN(CC(=O)N2CCCC2)CC1. The minimum absolute atomic E-state index is 0.139. The first kappa shape index (κ1) is 21.2. The Morgan fingerprint density at radius 2 is 1.86 bits per heavy atom. The number of methoxy groups -OCH3 is 1. The van der Waals surface area contributed by atoms with Crippen LogP contribution in [0.5, 0.6) is 11.5 Å². The Kier molecular flexibility index (Phi) is 7.57. The van der Waals surface area contributed by atoms with Gasteiger partial charge in [0, 0.05) is 51.4 Å². The molecule has 0 aromatic heterocycles. The van der Waals surface area contributed by atoms with Gasteiger partial charge >= 0.3 is 0 Å². The van der Waals surface area contributed by atoms with E-state index in [4.69, 9.17) is 9.73 Å². The maximum absolute atomic E-state index is 12.4. The zero-order valence-electron chi connectivity index (χ0n) is 17.6. The van der Waals surface area contributed by atoms with Gasteiger partial charge in [-0.15, -0.1) is 0 Å². The van der Waals surface area contributed by atoms with Crippen molar-refractivity contribution in [3.63, 3.8) is 0 Å². The van der Waals surface area contributed by atoms with Crippen molar-refractivity contribution in [2.24, 2.45) is 4.99 Å². The van der Waals surface area contributed by atoms with Crippen LogP contribution < -0.4 is 10.1 Å². The molecule has 0 bridgehead atoms. The number of hydrogen-bond donors (Lipinski definition) is 2. The summed E-state index contributed by atoms with van der Waals surface area (Å²) in [6.07, 6.45) is 2.26. The molecule has 0 spiro atoms. The number of carbonyl (C=O) groups excluding carboxylic acids is 1. The van der Waals surface area contributed by atoms with Gasteiger partial charge in [-0.25, -0.2) is 4.99 Å². The summed E-state index contributed by atoms with van der Waals surface area (Å²) in [6.45, 7) is 8.85. The number of piperazine rings is 1. The fourth-order valence-electron chi connectivity index (χ4n) is 3.82. The summed E-state index contributed by atoms with van der Waals surface area (Å²) < 4.78 is 5.18. The smallest absolute Gasteiger partial charge is 0.236 e. The summed E-state index contributed by atoms with van der Waals surface area (Å²) >= 11 is 0. The van der Waals surface area contributed by atoms with Crippen molar-refractivity contribution >= 4 is 11.9 Å². The summed E-state index contributed by atoms with van der Waals surface area (Å²) in [7, 11) is 1.54. The van der Waals surface area contributed by atoms with Gasteiger partial charge < -0.3 is 25.0 Å². The van der Waals surface area contributed by atoms with E-state index >= 15 is 0 Å². The van der Waals surface area contributed by atoms with Gasteiger partial charge in [0.15, 0.2) is 17.5 Å². The first-order valence-corrected chi connectivity index (χ1v) is 10.5. The summed E-state index contributed by atoms with van der Waals surface area (Å²) in [6, 6.07) is 5.44. The fraction of sp³-hybridized carbons (Fsp3) is 0.619. The van der Waals surface area contributed by atoms with Gasteiger partial charge in [0.25, 0.3) is 0 Å². The molecule has 1 aromatic carbocycles. The van der Waals surface area contributed by atoms with Crippen molar-refractivity contribution in [1.29, 1.82) is 0 Å². The normalized spacial score (nSPS) is 18.2.